The van der Waals surface area contributed by atoms with Crippen molar-refractivity contribution in [3.8, 4) is 0 Å². The molecule has 5 aliphatic rings. The average molecular weight is 427 g/mol. The highest BCUT2D eigenvalue weighted by Crippen LogP contribution is 2.76. The molecule has 176 valence electrons. The van der Waals surface area contributed by atoms with Crippen molar-refractivity contribution in [2.45, 2.75) is 126 Å². The van der Waals surface area contributed by atoms with E-state index in [1.807, 2.05) is 0 Å². The molecule has 5 aliphatic carbocycles. The minimum atomic E-state index is -0.117. The second-order valence-electron chi connectivity index (χ2n) is 15.5. The maximum atomic E-state index is 12.9. The van der Waals surface area contributed by atoms with Gasteiger partial charge in [-0.3, -0.25) is 4.79 Å². The van der Waals surface area contributed by atoms with Crippen molar-refractivity contribution in [3.63, 3.8) is 0 Å². The summed E-state index contributed by atoms with van der Waals surface area (Å²) in [6.45, 7) is 20.4. The molecule has 0 amide bonds. The average Bonchev–Trinajstić information content (AvgIpc) is 2.66. The summed E-state index contributed by atoms with van der Waals surface area (Å²) in [5.74, 6) is 3.72. The van der Waals surface area contributed by atoms with Crippen LogP contribution in [0.5, 0.6) is 0 Å². The number of fused-ring (bicyclic) bond motifs is 7. The summed E-state index contributed by atoms with van der Waals surface area (Å²) < 4.78 is 0. The van der Waals surface area contributed by atoms with Crippen LogP contribution in [0, 0.1) is 56.2 Å². The summed E-state index contributed by atoms with van der Waals surface area (Å²) in [5, 5.41) is 0. The van der Waals surface area contributed by atoms with Crippen LogP contribution in [0.3, 0.4) is 0 Å². The van der Waals surface area contributed by atoms with Gasteiger partial charge in [0, 0.05) is 11.8 Å². The lowest BCUT2D eigenvalue weighted by Crippen LogP contribution is -2.65. The second kappa shape index (κ2) is 6.41. The Labute approximate surface area is 192 Å². The van der Waals surface area contributed by atoms with Gasteiger partial charge >= 0.3 is 0 Å². The lowest BCUT2D eigenvalue weighted by molar-refractivity contribution is -0.232. The van der Waals surface area contributed by atoms with Crippen LogP contribution in [0.2, 0.25) is 0 Å². The normalized spacial score (nSPS) is 55.4. The zero-order chi connectivity index (χ0) is 22.7. The SMILES string of the molecule is CC1(C)CCC2(C)CCC3C(C)(CCC4C5(C)CCC(=O)C(C)(C)C5CCC34C)C2C1. The van der Waals surface area contributed by atoms with E-state index in [2.05, 4.69) is 55.4 Å². The number of rotatable bonds is 0. The van der Waals surface area contributed by atoms with Crippen LogP contribution in [-0.2, 0) is 4.79 Å². The van der Waals surface area contributed by atoms with Crippen molar-refractivity contribution in [3.05, 3.63) is 0 Å². The minimum absolute atomic E-state index is 0.117. The van der Waals surface area contributed by atoms with Gasteiger partial charge in [0.15, 0.2) is 0 Å². The van der Waals surface area contributed by atoms with Crippen molar-refractivity contribution >= 4 is 5.78 Å². The summed E-state index contributed by atoms with van der Waals surface area (Å²) >= 11 is 0. The Morgan fingerprint density at radius 1 is 0.581 bits per heavy atom. The molecule has 5 fully saturated rings. The maximum Gasteiger partial charge on any atom is 0.138 e. The monoisotopic (exact) mass is 426 g/mol. The third-order valence-corrected chi connectivity index (χ3v) is 13.2. The van der Waals surface area contributed by atoms with Crippen LogP contribution >= 0.6 is 0 Å². The van der Waals surface area contributed by atoms with E-state index in [9.17, 15) is 4.79 Å². The zero-order valence-electron chi connectivity index (χ0n) is 22.0. The summed E-state index contributed by atoms with van der Waals surface area (Å²) in [4.78, 5) is 12.9. The topological polar surface area (TPSA) is 17.1 Å². The summed E-state index contributed by atoms with van der Waals surface area (Å²) in [7, 11) is 0. The first-order chi connectivity index (χ1) is 14.2. The smallest absolute Gasteiger partial charge is 0.138 e. The first kappa shape index (κ1) is 22.5. The van der Waals surface area contributed by atoms with Crippen LogP contribution in [0.4, 0.5) is 0 Å². The molecule has 5 saturated carbocycles. The van der Waals surface area contributed by atoms with E-state index in [4.69, 9.17) is 0 Å². The van der Waals surface area contributed by atoms with E-state index in [0.29, 0.717) is 38.8 Å². The Morgan fingerprint density at radius 3 is 1.74 bits per heavy atom. The summed E-state index contributed by atoms with van der Waals surface area (Å²) in [6.07, 6.45) is 14.7. The molecule has 0 aromatic rings. The minimum Gasteiger partial charge on any atom is -0.299 e. The van der Waals surface area contributed by atoms with Crippen LogP contribution in [0.1, 0.15) is 126 Å². The van der Waals surface area contributed by atoms with E-state index in [0.717, 1.165) is 30.6 Å². The van der Waals surface area contributed by atoms with Gasteiger partial charge in [-0.15, -0.1) is 0 Å². The van der Waals surface area contributed by atoms with Gasteiger partial charge in [-0.1, -0.05) is 55.4 Å². The standard InChI is InChI=1S/C30H50O/c1-25(2)17-18-27(5)13-9-21-29(7)14-10-20-26(3,4)24(31)12-16-28(20,6)22(29)11-15-30(21,8)23(27)19-25/h20-23H,9-19H2,1-8H3. The second-order valence-corrected chi connectivity index (χ2v) is 15.5. The van der Waals surface area contributed by atoms with Crippen molar-refractivity contribution in [1.82, 2.24) is 0 Å². The Balaban J connectivity index is 1.52. The third kappa shape index (κ3) is 2.83. The molecule has 31 heavy (non-hydrogen) atoms. The molecular weight excluding hydrogens is 376 g/mol. The lowest BCUT2D eigenvalue weighted by atomic mass is 9.32. The molecule has 0 bridgehead atoms. The Hall–Kier alpha value is -0.330. The molecule has 0 radical (unpaired) electrons. The molecule has 0 heterocycles. The molecule has 0 saturated heterocycles. The zero-order valence-corrected chi connectivity index (χ0v) is 22.0. The molecule has 0 spiro atoms. The van der Waals surface area contributed by atoms with Crippen LogP contribution < -0.4 is 0 Å². The molecule has 8 atom stereocenters. The van der Waals surface area contributed by atoms with Gasteiger partial charge in [0.2, 0.25) is 0 Å². The summed E-state index contributed by atoms with van der Waals surface area (Å²) in [5.41, 5.74) is 2.32. The third-order valence-electron chi connectivity index (χ3n) is 13.2. The van der Waals surface area contributed by atoms with Crippen molar-refractivity contribution in [2.75, 3.05) is 0 Å². The molecule has 8 unspecified atom stereocenters. The maximum absolute atomic E-state index is 12.9. The van der Waals surface area contributed by atoms with E-state index in [-0.39, 0.29) is 5.41 Å². The number of hydrogen-bond acceptors (Lipinski definition) is 1. The predicted octanol–water partition coefficient (Wildman–Crippen LogP) is 8.46. The molecule has 0 aromatic heterocycles. The molecule has 1 heteroatoms. The molecule has 0 aromatic carbocycles. The van der Waals surface area contributed by atoms with Crippen molar-refractivity contribution < 1.29 is 4.79 Å². The van der Waals surface area contributed by atoms with Gasteiger partial charge in [0.05, 0.1) is 0 Å². The lowest BCUT2D eigenvalue weighted by Gasteiger charge is -2.72. The van der Waals surface area contributed by atoms with Gasteiger partial charge in [-0.25, -0.2) is 0 Å². The molecule has 0 N–H and O–H groups in total. The molecule has 0 aliphatic heterocycles. The van der Waals surface area contributed by atoms with Crippen molar-refractivity contribution in [2.24, 2.45) is 56.2 Å². The number of Topliss-reactive ketones (excluding diaryl/α,β-unsaturated/α-hetero) is 1. The Bertz CT molecular complexity index is 777. The highest BCUT2D eigenvalue weighted by molar-refractivity contribution is 5.85. The van der Waals surface area contributed by atoms with Gasteiger partial charge in [-0.05, 0) is 115 Å². The van der Waals surface area contributed by atoms with E-state index in [1.165, 1.54) is 57.8 Å². The predicted molar refractivity (Wildman–Crippen MR) is 130 cm³/mol. The molecule has 1 nitrogen and oxygen atoms in total. The van der Waals surface area contributed by atoms with Gasteiger partial charge < -0.3 is 0 Å². The van der Waals surface area contributed by atoms with Gasteiger partial charge in [-0.2, -0.15) is 0 Å². The van der Waals surface area contributed by atoms with E-state index >= 15 is 0 Å². The number of hydrogen-bond donors (Lipinski definition) is 0. The fraction of sp³-hybridized carbons (Fsp3) is 0.967. The van der Waals surface area contributed by atoms with Crippen molar-refractivity contribution in [1.29, 1.82) is 0 Å². The number of carbonyl (C=O) groups excluding carboxylic acids is 1. The highest BCUT2D eigenvalue weighted by atomic mass is 16.1. The number of ketones is 1. The first-order valence-electron chi connectivity index (χ1n) is 13.7. The van der Waals surface area contributed by atoms with E-state index < -0.39 is 0 Å². The van der Waals surface area contributed by atoms with Crippen LogP contribution in [0.25, 0.3) is 0 Å². The van der Waals surface area contributed by atoms with Crippen LogP contribution in [-0.4, -0.2) is 5.78 Å². The highest BCUT2D eigenvalue weighted by Gasteiger charge is 2.68. The Kier molecular flexibility index (Phi) is 4.65. The van der Waals surface area contributed by atoms with Crippen LogP contribution in [0.15, 0.2) is 0 Å². The first-order valence-corrected chi connectivity index (χ1v) is 13.7. The molecule has 5 rings (SSSR count). The molecular formula is C30H50O. The fourth-order valence-electron chi connectivity index (χ4n) is 11.4. The fourth-order valence-corrected chi connectivity index (χ4v) is 11.4. The summed E-state index contributed by atoms with van der Waals surface area (Å²) in [6, 6.07) is 0. The van der Waals surface area contributed by atoms with E-state index in [1.54, 1.807) is 0 Å². The Morgan fingerprint density at radius 2 is 1.10 bits per heavy atom. The van der Waals surface area contributed by atoms with Gasteiger partial charge in [0.1, 0.15) is 5.78 Å². The quantitative estimate of drug-likeness (QED) is 0.379. The number of carbonyl (C=O) groups is 1. The van der Waals surface area contributed by atoms with Gasteiger partial charge in [0.25, 0.3) is 0 Å². The largest absolute Gasteiger partial charge is 0.299 e.